The van der Waals surface area contributed by atoms with Gasteiger partial charge >= 0.3 is 0 Å². The first-order valence-electron chi connectivity index (χ1n) is 5.31. The van der Waals surface area contributed by atoms with Gasteiger partial charge < -0.3 is 10.6 Å². The monoisotopic (exact) mass is 218 g/mol. The molecule has 0 aliphatic carbocycles. The Bertz CT molecular complexity index is 153. The number of nitrogens with one attached hydrogen (secondary N) is 2. The van der Waals surface area contributed by atoms with E-state index < -0.39 is 0 Å². The van der Waals surface area contributed by atoms with Gasteiger partial charge in [0.15, 0.2) is 0 Å². The molecule has 0 aliphatic heterocycles. The minimum Gasteiger partial charge on any atom is -0.355 e. The summed E-state index contributed by atoms with van der Waals surface area (Å²) >= 11 is 1.94. The molecule has 0 saturated carbocycles. The number of hydrogen-bond donors (Lipinski definition) is 2. The van der Waals surface area contributed by atoms with Crippen molar-refractivity contribution in [2.24, 2.45) is 0 Å². The van der Waals surface area contributed by atoms with Crippen LogP contribution in [0.15, 0.2) is 0 Å². The van der Waals surface area contributed by atoms with Crippen LogP contribution in [0.4, 0.5) is 0 Å². The molecule has 0 aromatic carbocycles. The van der Waals surface area contributed by atoms with Crippen molar-refractivity contribution in [3.63, 3.8) is 0 Å². The second-order valence-electron chi connectivity index (χ2n) is 3.12. The Labute approximate surface area is 91.4 Å². The molecule has 14 heavy (non-hydrogen) atoms. The zero-order valence-corrected chi connectivity index (χ0v) is 10.2. The second-order valence-corrected chi connectivity index (χ2v) is 4.51. The minimum atomic E-state index is -0.0680. The lowest BCUT2D eigenvalue weighted by molar-refractivity contribution is -0.122. The zero-order chi connectivity index (χ0) is 10.8. The van der Waals surface area contributed by atoms with Crippen LogP contribution in [0.25, 0.3) is 0 Å². The fourth-order valence-electron chi connectivity index (χ4n) is 1.06. The maximum atomic E-state index is 11.3. The standard InChI is InChI=1S/C10H22N2OS/c1-4-11-10(13)9(3)12-7-6-8-14-5-2/h9,12H,4-8H2,1-3H3,(H,11,13). The third kappa shape index (κ3) is 7.21. The van der Waals surface area contributed by atoms with E-state index in [-0.39, 0.29) is 11.9 Å². The summed E-state index contributed by atoms with van der Waals surface area (Å²) < 4.78 is 0. The van der Waals surface area contributed by atoms with Crippen LogP contribution in [0, 0.1) is 0 Å². The molecule has 0 aliphatic rings. The van der Waals surface area contributed by atoms with Gasteiger partial charge in [0, 0.05) is 6.54 Å². The molecule has 84 valence electrons. The van der Waals surface area contributed by atoms with Crippen molar-refractivity contribution < 1.29 is 4.79 Å². The van der Waals surface area contributed by atoms with Gasteiger partial charge in [0.05, 0.1) is 6.04 Å². The van der Waals surface area contributed by atoms with E-state index in [1.54, 1.807) is 0 Å². The molecule has 0 spiro atoms. The van der Waals surface area contributed by atoms with Crippen molar-refractivity contribution in [2.75, 3.05) is 24.6 Å². The predicted molar refractivity (Wildman–Crippen MR) is 63.8 cm³/mol. The van der Waals surface area contributed by atoms with Crippen molar-refractivity contribution in [1.29, 1.82) is 0 Å². The summed E-state index contributed by atoms with van der Waals surface area (Å²) in [5.41, 5.74) is 0. The highest BCUT2D eigenvalue weighted by Crippen LogP contribution is 1.99. The van der Waals surface area contributed by atoms with E-state index in [1.807, 2.05) is 25.6 Å². The zero-order valence-electron chi connectivity index (χ0n) is 9.43. The van der Waals surface area contributed by atoms with Crippen LogP contribution in [0.3, 0.4) is 0 Å². The second kappa shape index (κ2) is 9.34. The van der Waals surface area contributed by atoms with Gasteiger partial charge in [-0.25, -0.2) is 0 Å². The van der Waals surface area contributed by atoms with E-state index in [9.17, 15) is 4.79 Å². The number of hydrogen-bond acceptors (Lipinski definition) is 3. The highest BCUT2D eigenvalue weighted by molar-refractivity contribution is 7.99. The number of amides is 1. The third-order valence-electron chi connectivity index (χ3n) is 1.86. The lowest BCUT2D eigenvalue weighted by Gasteiger charge is -2.12. The minimum absolute atomic E-state index is 0.0680. The molecule has 4 heteroatoms. The van der Waals surface area contributed by atoms with Crippen molar-refractivity contribution in [3.05, 3.63) is 0 Å². The quantitative estimate of drug-likeness (QED) is 0.602. The van der Waals surface area contributed by atoms with Crippen LogP contribution in [0.5, 0.6) is 0 Å². The first-order valence-corrected chi connectivity index (χ1v) is 6.46. The molecule has 1 atom stereocenters. The van der Waals surface area contributed by atoms with Gasteiger partial charge in [-0.15, -0.1) is 0 Å². The van der Waals surface area contributed by atoms with Crippen molar-refractivity contribution in [1.82, 2.24) is 10.6 Å². The van der Waals surface area contributed by atoms with Crippen LogP contribution in [-0.4, -0.2) is 36.5 Å². The van der Waals surface area contributed by atoms with Crippen LogP contribution >= 0.6 is 11.8 Å². The first-order chi connectivity index (χ1) is 6.72. The molecule has 2 N–H and O–H groups in total. The smallest absolute Gasteiger partial charge is 0.236 e. The lowest BCUT2D eigenvalue weighted by Crippen LogP contribution is -2.42. The van der Waals surface area contributed by atoms with Crippen molar-refractivity contribution >= 4 is 17.7 Å². The summed E-state index contributed by atoms with van der Waals surface area (Å²) in [6.45, 7) is 7.62. The summed E-state index contributed by atoms with van der Waals surface area (Å²) in [5, 5.41) is 5.99. The molecular formula is C10H22N2OS. The molecule has 0 fully saturated rings. The molecule has 0 aromatic rings. The topological polar surface area (TPSA) is 41.1 Å². The van der Waals surface area contributed by atoms with Crippen molar-refractivity contribution in [2.45, 2.75) is 33.2 Å². The molecule has 1 unspecified atom stereocenters. The first kappa shape index (κ1) is 13.8. The molecule has 0 saturated heterocycles. The largest absolute Gasteiger partial charge is 0.355 e. The Morgan fingerprint density at radius 2 is 2.14 bits per heavy atom. The van der Waals surface area contributed by atoms with E-state index in [4.69, 9.17) is 0 Å². The fourth-order valence-corrected chi connectivity index (χ4v) is 1.69. The number of rotatable bonds is 8. The van der Waals surface area contributed by atoms with Crippen molar-refractivity contribution in [3.8, 4) is 0 Å². The SMILES string of the molecule is CCNC(=O)C(C)NCCCSCC. The van der Waals surface area contributed by atoms with Gasteiger partial charge in [-0.2, -0.15) is 11.8 Å². The normalized spacial score (nSPS) is 12.5. The highest BCUT2D eigenvalue weighted by Gasteiger charge is 2.09. The summed E-state index contributed by atoms with van der Waals surface area (Å²) in [5.74, 6) is 2.44. The van der Waals surface area contributed by atoms with E-state index >= 15 is 0 Å². The van der Waals surface area contributed by atoms with Gasteiger partial charge in [-0.05, 0) is 38.3 Å². The average molecular weight is 218 g/mol. The van der Waals surface area contributed by atoms with E-state index in [1.165, 1.54) is 11.5 Å². The van der Waals surface area contributed by atoms with Gasteiger partial charge in [0.1, 0.15) is 0 Å². The maximum absolute atomic E-state index is 11.3. The highest BCUT2D eigenvalue weighted by atomic mass is 32.2. The summed E-state index contributed by atoms with van der Waals surface area (Å²) in [6, 6.07) is -0.0680. The van der Waals surface area contributed by atoms with Gasteiger partial charge in [0.2, 0.25) is 5.91 Å². The molecule has 0 aromatic heterocycles. The van der Waals surface area contributed by atoms with Gasteiger partial charge in [0.25, 0.3) is 0 Å². The molecule has 0 radical (unpaired) electrons. The summed E-state index contributed by atoms with van der Waals surface area (Å²) in [7, 11) is 0. The van der Waals surface area contributed by atoms with E-state index in [0.29, 0.717) is 6.54 Å². The molecule has 0 rings (SSSR count). The molecular weight excluding hydrogens is 196 g/mol. The number of thioether (sulfide) groups is 1. The van der Waals surface area contributed by atoms with Crippen LogP contribution < -0.4 is 10.6 Å². The van der Waals surface area contributed by atoms with Crippen LogP contribution in [-0.2, 0) is 4.79 Å². The average Bonchev–Trinajstić information content (AvgIpc) is 2.17. The molecule has 1 amide bonds. The Morgan fingerprint density at radius 1 is 1.43 bits per heavy atom. The Morgan fingerprint density at radius 3 is 2.71 bits per heavy atom. The maximum Gasteiger partial charge on any atom is 0.236 e. The third-order valence-corrected chi connectivity index (χ3v) is 2.85. The van der Waals surface area contributed by atoms with E-state index in [2.05, 4.69) is 17.6 Å². The Balaban J connectivity index is 3.34. The Kier molecular flexibility index (Phi) is 9.19. The summed E-state index contributed by atoms with van der Waals surface area (Å²) in [4.78, 5) is 11.3. The summed E-state index contributed by atoms with van der Waals surface area (Å²) in [6.07, 6.45) is 1.13. The lowest BCUT2D eigenvalue weighted by atomic mass is 10.3. The Hall–Kier alpha value is -0.220. The van der Waals surface area contributed by atoms with Crippen LogP contribution in [0.2, 0.25) is 0 Å². The predicted octanol–water partition coefficient (Wildman–Crippen LogP) is 1.24. The molecule has 3 nitrogen and oxygen atoms in total. The van der Waals surface area contributed by atoms with Crippen LogP contribution in [0.1, 0.15) is 27.2 Å². The number of likely N-dealkylation sites (N-methyl/N-ethyl adjacent to an activating group) is 1. The number of carbonyl (C=O) groups excluding carboxylic acids is 1. The van der Waals surface area contributed by atoms with Gasteiger partial charge in [-0.3, -0.25) is 4.79 Å². The molecule has 0 bridgehead atoms. The fraction of sp³-hybridized carbons (Fsp3) is 0.900. The molecule has 0 heterocycles. The number of carbonyl (C=O) groups is 1. The van der Waals surface area contributed by atoms with E-state index in [0.717, 1.165) is 13.0 Å². The van der Waals surface area contributed by atoms with Gasteiger partial charge in [-0.1, -0.05) is 6.92 Å².